The molecule has 2 atom stereocenters. The third kappa shape index (κ3) is 4.19. The van der Waals surface area contributed by atoms with Gasteiger partial charge >= 0.3 is 0 Å². The molecule has 0 saturated carbocycles. The number of nitrogen functional groups attached to an aromatic ring is 1. The largest absolute Gasteiger partial charge is 0.493 e. The van der Waals surface area contributed by atoms with Crippen molar-refractivity contribution in [3.8, 4) is 11.5 Å². The number of fused-ring (bicyclic) bond motifs is 2. The zero-order valence-electron chi connectivity index (χ0n) is 21.0. The summed E-state index contributed by atoms with van der Waals surface area (Å²) in [6, 6.07) is 7.87. The molecular formula is C27H30N6O3S. The number of nitrogens with zero attached hydrogens (tertiary/aromatic N) is 5. The minimum Gasteiger partial charge on any atom is -0.493 e. The van der Waals surface area contributed by atoms with Crippen LogP contribution >= 0.6 is 11.3 Å². The van der Waals surface area contributed by atoms with E-state index in [0.717, 1.165) is 60.3 Å². The summed E-state index contributed by atoms with van der Waals surface area (Å²) in [6.45, 7) is 1.47. The molecule has 1 amide bonds. The lowest BCUT2D eigenvalue weighted by atomic mass is 9.76. The van der Waals surface area contributed by atoms with Gasteiger partial charge in [-0.3, -0.25) is 4.79 Å². The maximum atomic E-state index is 13.7. The molecule has 0 spiro atoms. The highest BCUT2D eigenvalue weighted by Crippen LogP contribution is 2.38. The van der Waals surface area contributed by atoms with Crippen molar-refractivity contribution in [2.75, 3.05) is 37.9 Å². The molecule has 2 N–H and O–H groups in total. The average molecular weight is 519 g/mol. The lowest BCUT2D eigenvalue weighted by molar-refractivity contribution is -0.140. The number of hydrogen-bond acceptors (Lipinski definition) is 9. The lowest BCUT2D eigenvalue weighted by Gasteiger charge is -2.42. The van der Waals surface area contributed by atoms with Gasteiger partial charge in [0, 0.05) is 24.6 Å². The Morgan fingerprint density at radius 3 is 2.51 bits per heavy atom. The van der Waals surface area contributed by atoms with E-state index in [1.54, 1.807) is 30.6 Å². The minimum atomic E-state index is -0.104. The summed E-state index contributed by atoms with van der Waals surface area (Å²) in [5.74, 6) is 2.57. The minimum absolute atomic E-state index is 0.0213. The van der Waals surface area contributed by atoms with E-state index >= 15 is 0 Å². The molecule has 0 radical (unpaired) electrons. The first kappa shape index (κ1) is 23.7. The quantitative estimate of drug-likeness (QED) is 0.507. The lowest BCUT2D eigenvalue weighted by Crippen LogP contribution is -2.52. The molecule has 4 heterocycles. The number of amides is 1. The molecule has 0 unspecified atom stereocenters. The summed E-state index contributed by atoms with van der Waals surface area (Å²) in [6.07, 6.45) is 7.40. The van der Waals surface area contributed by atoms with Crippen LogP contribution in [0.15, 0.2) is 46.9 Å². The van der Waals surface area contributed by atoms with Gasteiger partial charge in [0.05, 0.1) is 42.1 Å². The third-order valence-corrected chi connectivity index (χ3v) is 8.56. The molecule has 0 bridgehead atoms. The first-order valence-corrected chi connectivity index (χ1v) is 13.5. The van der Waals surface area contributed by atoms with Crippen LogP contribution in [0.1, 0.15) is 31.2 Å². The van der Waals surface area contributed by atoms with E-state index in [1.165, 1.54) is 0 Å². The highest BCUT2D eigenvalue weighted by molar-refractivity contribution is 7.17. The summed E-state index contributed by atoms with van der Waals surface area (Å²) in [5.41, 5.74) is 8.96. The van der Waals surface area contributed by atoms with Crippen LogP contribution < -0.4 is 20.1 Å². The SMILES string of the molecule is COc1ccc(C2=NN(C3CCN(c4nc(N)c5sccc5n4)CC3)C(=O)[C@@H]3CC=CC[C@H]23)cc1OC. The molecule has 2 aromatic heterocycles. The van der Waals surface area contributed by atoms with Gasteiger partial charge in [0.15, 0.2) is 11.5 Å². The van der Waals surface area contributed by atoms with Gasteiger partial charge in [-0.2, -0.15) is 10.1 Å². The van der Waals surface area contributed by atoms with Crippen molar-refractivity contribution in [2.45, 2.75) is 31.7 Å². The summed E-state index contributed by atoms with van der Waals surface area (Å²) >= 11 is 1.55. The summed E-state index contributed by atoms with van der Waals surface area (Å²) in [5, 5.41) is 8.77. The van der Waals surface area contributed by atoms with Crippen LogP contribution in [0.25, 0.3) is 10.2 Å². The van der Waals surface area contributed by atoms with Crippen molar-refractivity contribution in [2.24, 2.45) is 16.9 Å². The van der Waals surface area contributed by atoms with Crippen LogP contribution in [0.5, 0.6) is 11.5 Å². The van der Waals surface area contributed by atoms with Gasteiger partial charge < -0.3 is 20.1 Å². The maximum absolute atomic E-state index is 13.7. The van der Waals surface area contributed by atoms with Crippen LogP contribution in [-0.4, -0.2) is 59.9 Å². The van der Waals surface area contributed by atoms with Gasteiger partial charge in [0.1, 0.15) is 5.82 Å². The number of rotatable bonds is 5. The number of hydrazone groups is 1. The first-order valence-electron chi connectivity index (χ1n) is 12.6. The number of thiophene rings is 1. The summed E-state index contributed by atoms with van der Waals surface area (Å²) in [4.78, 5) is 25.1. The second-order valence-corrected chi connectivity index (χ2v) is 10.6. The Morgan fingerprint density at radius 1 is 1.00 bits per heavy atom. The van der Waals surface area contributed by atoms with E-state index in [-0.39, 0.29) is 23.8 Å². The fourth-order valence-corrected chi connectivity index (χ4v) is 6.39. The number of ether oxygens (including phenoxy) is 2. The van der Waals surface area contributed by atoms with E-state index in [0.29, 0.717) is 23.3 Å². The Bertz CT molecular complexity index is 1390. The standard InChI is InChI=1S/C27H30N6O3S/c1-35-21-8-7-16(15-22(21)36-2)23-18-5-3-4-6-19(18)26(34)33(31-23)17-9-12-32(13-10-17)27-29-20-11-14-37-24(20)25(28)30-27/h3-4,7-8,11,14-15,17-19H,5-6,9-10,12-13H2,1-2H3,(H2,28,29,30)/t18-,19+/m0/s1. The Labute approximate surface area is 219 Å². The molecule has 2 aliphatic heterocycles. The molecule has 3 aliphatic rings. The Balaban J connectivity index is 1.27. The van der Waals surface area contributed by atoms with Crippen molar-refractivity contribution in [1.82, 2.24) is 15.0 Å². The van der Waals surface area contributed by atoms with E-state index < -0.39 is 0 Å². The molecule has 1 aliphatic carbocycles. The number of carbonyl (C=O) groups is 1. The molecule has 1 saturated heterocycles. The van der Waals surface area contributed by atoms with Crippen molar-refractivity contribution < 1.29 is 14.3 Å². The predicted octanol–water partition coefficient (Wildman–Crippen LogP) is 4.09. The zero-order chi connectivity index (χ0) is 25.5. The Hall–Kier alpha value is -3.66. The number of aromatic nitrogens is 2. The fourth-order valence-electron chi connectivity index (χ4n) is 5.65. The number of anilines is 2. The van der Waals surface area contributed by atoms with Crippen molar-refractivity contribution in [1.29, 1.82) is 0 Å². The van der Waals surface area contributed by atoms with Crippen molar-refractivity contribution in [3.05, 3.63) is 47.4 Å². The van der Waals surface area contributed by atoms with Gasteiger partial charge in [-0.15, -0.1) is 11.3 Å². The fraction of sp³-hybridized carbons (Fsp3) is 0.407. The molecule has 6 rings (SSSR count). The molecule has 9 nitrogen and oxygen atoms in total. The number of benzene rings is 1. The molecule has 10 heteroatoms. The van der Waals surface area contributed by atoms with Gasteiger partial charge in [0.25, 0.3) is 0 Å². The topological polar surface area (TPSA) is 106 Å². The van der Waals surface area contributed by atoms with Crippen LogP contribution in [0.2, 0.25) is 0 Å². The molecular weight excluding hydrogens is 488 g/mol. The van der Waals surface area contributed by atoms with Crippen molar-refractivity contribution >= 4 is 44.9 Å². The Kier molecular flexibility index (Phi) is 6.19. The number of hydrogen-bond donors (Lipinski definition) is 1. The van der Waals surface area contributed by atoms with Crippen LogP contribution in [-0.2, 0) is 4.79 Å². The second-order valence-electron chi connectivity index (χ2n) is 9.66. The first-order chi connectivity index (χ1) is 18.1. The van der Waals surface area contributed by atoms with Crippen molar-refractivity contribution in [3.63, 3.8) is 0 Å². The number of piperidine rings is 1. The predicted molar refractivity (Wildman–Crippen MR) is 145 cm³/mol. The highest BCUT2D eigenvalue weighted by Gasteiger charge is 2.43. The normalized spacial score (nSPS) is 22.2. The van der Waals surface area contributed by atoms with E-state index in [2.05, 4.69) is 22.0 Å². The van der Waals surface area contributed by atoms with Crippen LogP contribution in [0, 0.1) is 11.8 Å². The smallest absolute Gasteiger partial charge is 0.247 e. The van der Waals surface area contributed by atoms with Gasteiger partial charge in [-0.1, -0.05) is 12.2 Å². The maximum Gasteiger partial charge on any atom is 0.247 e. The van der Waals surface area contributed by atoms with E-state index in [9.17, 15) is 4.79 Å². The Morgan fingerprint density at radius 2 is 1.76 bits per heavy atom. The molecule has 3 aromatic rings. The van der Waals surface area contributed by atoms with Crippen LogP contribution in [0.3, 0.4) is 0 Å². The molecule has 192 valence electrons. The number of methoxy groups -OCH3 is 2. The molecule has 37 heavy (non-hydrogen) atoms. The summed E-state index contributed by atoms with van der Waals surface area (Å²) < 4.78 is 11.9. The summed E-state index contributed by atoms with van der Waals surface area (Å²) in [7, 11) is 3.26. The van der Waals surface area contributed by atoms with Gasteiger partial charge in [-0.05, 0) is 55.3 Å². The number of carbonyl (C=O) groups excluding carboxylic acids is 1. The highest BCUT2D eigenvalue weighted by atomic mass is 32.1. The number of allylic oxidation sites excluding steroid dienone is 2. The number of nitrogens with two attached hydrogens (primary N) is 1. The van der Waals surface area contributed by atoms with E-state index in [4.69, 9.17) is 25.3 Å². The monoisotopic (exact) mass is 518 g/mol. The second kappa shape index (κ2) is 9.66. The third-order valence-electron chi connectivity index (χ3n) is 7.63. The zero-order valence-corrected chi connectivity index (χ0v) is 21.8. The molecule has 1 fully saturated rings. The molecule has 1 aromatic carbocycles. The van der Waals surface area contributed by atoms with Gasteiger partial charge in [0.2, 0.25) is 11.9 Å². The van der Waals surface area contributed by atoms with Gasteiger partial charge in [-0.25, -0.2) is 9.99 Å². The van der Waals surface area contributed by atoms with Crippen LogP contribution in [0.4, 0.5) is 11.8 Å². The average Bonchev–Trinajstić information content (AvgIpc) is 3.43. The van der Waals surface area contributed by atoms with E-state index in [1.807, 2.05) is 29.6 Å².